The van der Waals surface area contributed by atoms with Gasteiger partial charge in [0.1, 0.15) is 23.7 Å². The number of phenolic OH excluding ortho intramolecular Hbond substituents is 1. The maximum Gasteiger partial charge on any atom is 0.433 e. The maximum atomic E-state index is 12.8. The molecule has 3 aromatic rings. The lowest BCUT2D eigenvalue weighted by atomic mass is 10.1. The van der Waals surface area contributed by atoms with Gasteiger partial charge in [0.25, 0.3) is 0 Å². The Hall–Kier alpha value is -3.41. The summed E-state index contributed by atoms with van der Waals surface area (Å²) >= 11 is 0. The molecule has 0 aliphatic rings. The Labute approximate surface area is 163 Å². The number of aromatic nitrogens is 3. The standard InChI is InChI=1S/C17H13F3N4O4S/c1-29(26,27)28-13-6-5-10(7-12(13)25)11-8-16(22-9-21-11)24-15-4-2-3-14(23-15)17(18,19)20/h2-9,25H,1H3,(H,21,22,23,24). The predicted molar refractivity (Wildman–Crippen MR) is 97.1 cm³/mol. The minimum absolute atomic E-state index is 0.0655. The molecule has 3 rings (SSSR count). The van der Waals surface area contributed by atoms with Crippen LogP contribution in [0, 0.1) is 0 Å². The molecule has 0 saturated carbocycles. The number of nitrogens with zero attached hydrogens (tertiary/aromatic N) is 3. The monoisotopic (exact) mass is 426 g/mol. The summed E-state index contributed by atoms with van der Waals surface area (Å²) in [5, 5.41) is 12.6. The van der Waals surface area contributed by atoms with Gasteiger partial charge in [-0.2, -0.15) is 21.6 Å². The second-order valence-corrected chi connectivity index (χ2v) is 7.36. The Kier molecular flexibility index (Phi) is 5.29. The number of halogens is 3. The van der Waals surface area contributed by atoms with E-state index in [0.717, 1.165) is 12.3 Å². The van der Waals surface area contributed by atoms with Crippen LogP contribution in [0.25, 0.3) is 11.3 Å². The van der Waals surface area contributed by atoms with Crippen molar-refractivity contribution in [3.05, 3.63) is 54.5 Å². The molecule has 0 radical (unpaired) electrons. The Morgan fingerprint density at radius 2 is 1.83 bits per heavy atom. The Morgan fingerprint density at radius 1 is 1.07 bits per heavy atom. The molecule has 0 amide bonds. The van der Waals surface area contributed by atoms with Crippen LogP contribution in [0.4, 0.5) is 24.8 Å². The third-order valence-electron chi connectivity index (χ3n) is 3.46. The van der Waals surface area contributed by atoms with Gasteiger partial charge in [-0.15, -0.1) is 0 Å². The summed E-state index contributed by atoms with van der Waals surface area (Å²) in [6.07, 6.45) is -2.57. The lowest BCUT2D eigenvalue weighted by Gasteiger charge is -2.10. The van der Waals surface area contributed by atoms with Crippen molar-refractivity contribution in [3.63, 3.8) is 0 Å². The first-order valence-electron chi connectivity index (χ1n) is 7.87. The first kappa shape index (κ1) is 20.3. The molecule has 12 heteroatoms. The van der Waals surface area contributed by atoms with Crippen LogP contribution in [0.5, 0.6) is 11.5 Å². The molecule has 0 bridgehead atoms. The van der Waals surface area contributed by atoms with Gasteiger partial charge in [0.2, 0.25) is 0 Å². The van der Waals surface area contributed by atoms with Crippen LogP contribution >= 0.6 is 0 Å². The van der Waals surface area contributed by atoms with E-state index in [1.807, 2.05) is 0 Å². The fourth-order valence-corrected chi connectivity index (χ4v) is 2.75. The fourth-order valence-electron chi connectivity index (χ4n) is 2.29. The molecule has 2 aromatic heterocycles. The van der Waals surface area contributed by atoms with Crippen LogP contribution in [0.1, 0.15) is 5.69 Å². The molecule has 29 heavy (non-hydrogen) atoms. The number of pyridine rings is 1. The van der Waals surface area contributed by atoms with Crippen LogP contribution in [0.3, 0.4) is 0 Å². The zero-order valence-corrected chi connectivity index (χ0v) is 15.5. The summed E-state index contributed by atoms with van der Waals surface area (Å²) in [7, 11) is -3.82. The zero-order valence-electron chi connectivity index (χ0n) is 14.7. The number of hydrogen-bond donors (Lipinski definition) is 2. The number of anilines is 2. The van der Waals surface area contributed by atoms with Crippen LogP contribution in [0.2, 0.25) is 0 Å². The summed E-state index contributed by atoms with van der Waals surface area (Å²) < 4.78 is 65.3. The smallest absolute Gasteiger partial charge is 0.433 e. The summed E-state index contributed by atoms with van der Waals surface area (Å²) in [4.78, 5) is 11.5. The van der Waals surface area contributed by atoms with E-state index in [-0.39, 0.29) is 17.4 Å². The highest BCUT2D eigenvalue weighted by Crippen LogP contribution is 2.32. The molecule has 0 atom stereocenters. The second-order valence-electron chi connectivity index (χ2n) is 5.79. The highest BCUT2D eigenvalue weighted by atomic mass is 32.2. The molecule has 2 N–H and O–H groups in total. The van der Waals surface area contributed by atoms with Gasteiger partial charge >= 0.3 is 16.3 Å². The molecular weight excluding hydrogens is 413 g/mol. The third-order valence-corrected chi connectivity index (χ3v) is 3.94. The molecule has 8 nitrogen and oxygen atoms in total. The molecule has 0 aliphatic heterocycles. The molecule has 0 spiro atoms. The van der Waals surface area contributed by atoms with E-state index in [2.05, 4.69) is 24.5 Å². The molecule has 152 valence electrons. The molecule has 1 aromatic carbocycles. The normalized spacial score (nSPS) is 11.9. The van der Waals surface area contributed by atoms with E-state index < -0.39 is 27.7 Å². The van der Waals surface area contributed by atoms with E-state index in [9.17, 15) is 26.7 Å². The van der Waals surface area contributed by atoms with E-state index in [1.54, 1.807) is 0 Å². The largest absolute Gasteiger partial charge is 0.504 e. The molecule has 2 heterocycles. The number of phenols is 1. The average molecular weight is 426 g/mol. The van der Waals surface area contributed by atoms with Crippen molar-refractivity contribution in [1.29, 1.82) is 0 Å². The van der Waals surface area contributed by atoms with Crippen LogP contribution in [-0.4, -0.2) is 34.7 Å². The van der Waals surface area contributed by atoms with Gasteiger partial charge in [-0.3, -0.25) is 0 Å². The van der Waals surface area contributed by atoms with Gasteiger partial charge < -0.3 is 14.6 Å². The summed E-state index contributed by atoms with van der Waals surface area (Å²) in [6.45, 7) is 0. The quantitative estimate of drug-likeness (QED) is 0.597. The molecule has 0 saturated heterocycles. The van der Waals surface area contributed by atoms with Crippen molar-refractivity contribution in [2.75, 3.05) is 11.6 Å². The Morgan fingerprint density at radius 3 is 2.48 bits per heavy atom. The number of rotatable bonds is 5. The zero-order chi connectivity index (χ0) is 21.2. The van der Waals surface area contributed by atoms with Gasteiger partial charge in [0.15, 0.2) is 11.5 Å². The number of alkyl halides is 3. The average Bonchev–Trinajstić information content (AvgIpc) is 2.62. The highest BCUT2D eigenvalue weighted by molar-refractivity contribution is 7.86. The predicted octanol–water partition coefficient (Wildman–Crippen LogP) is 3.35. The molecular formula is C17H13F3N4O4S. The van der Waals surface area contributed by atoms with Gasteiger partial charge in [0, 0.05) is 11.6 Å². The summed E-state index contributed by atoms with van der Waals surface area (Å²) in [5.41, 5.74) is -0.343. The van der Waals surface area contributed by atoms with Gasteiger partial charge in [0.05, 0.1) is 11.9 Å². The van der Waals surface area contributed by atoms with E-state index in [4.69, 9.17) is 0 Å². The lowest BCUT2D eigenvalue weighted by Crippen LogP contribution is -2.09. The van der Waals surface area contributed by atoms with Crippen LogP contribution in [0.15, 0.2) is 48.8 Å². The van der Waals surface area contributed by atoms with Crippen molar-refractivity contribution in [2.45, 2.75) is 6.18 Å². The summed E-state index contributed by atoms with van der Waals surface area (Å²) in [5.74, 6) is -0.584. The van der Waals surface area contributed by atoms with E-state index in [1.165, 1.54) is 42.7 Å². The maximum absolute atomic E-state index is 12.8. The van der Waals surface area contributed by atoms with E-state index in [0.29, 0.717) is 11.3 Å². The Balaban J connectivity index is 1.86. The topological polar surface area (TPSA) is 114 Å². The van der Waals surface area contributed by atoms with Crippen molar-refractivity contribution < 1.29 is 30.9 Å². The number of hydrogen-bond acceptors (Lipinski definition) is 8. The minimum atomic E-state index is -4.58. The molecule has 0 unspecified atom stereocenters. The minimum Gasteiger partial charge on any atom is -0.504 e. The second kappa shape index (κ2) is 7.54. The van der Waals surface area contributed by atoms with Crippen molar-refractivity contribution in [2.24, 2.45) is 0 Å². The number of benzene rings is 1. The van der Waals surface area contributed by atoms with E-state index >= 15 is 0 Å². The number of nitrogens with one attached hydrogen (secondary N) is 1. The van der Waals surface area contributed by atoms with Gasteiger partial charge in [-0.1, -0.05) is 6.07 Å². The number of aromatic hydroxyl groups is 1. The SMILES string of the molecule is CS(=O)(=O)Oc1ccc(-c2cc(Nc3cccc(C(F)(F)F)n3)ncn2)cc1O. The fraction of sp³-hybridized carbons (Fsp3) is 0.118. The first-order chi connectivity index (χ1) is 13.5. The third kappa shape index (κ3) is 5.31. The van der Waals surface area contributed by atoms with Crippen molar-refractivity contribution in [3.8, 4) is 22.8 Å². The summed E-state index contributed by atoms with van der Waals surface area (Å²) in [6, 6.07) is 8.76. The van der Waals surface area contributed by atoms with Crippen LogP contribution < -0.4 is 9.50 Å². The first-order valence-corrected chi connectivity index (χ1v) is 9.69. The lowest BCUT2D eigenvalue weighted by molar-refractivity contribution is -0.141. The van der Waals surface area contributed by atoms with Crippen LogP contribution in [-0.2, 0) is 16.3 Å². The highest BCUT2D eigenvalue weighted by Gasteiger charge is 2.32. The van der Waals surface area contributed by atoms with Crippen molar-refractivity contribution in [1.82, 2.24) is 15.0 Å². The molecule has 0 fully saturated rings. The molecule has 0 aliphatic carbocycles. The van der Waals surface area contributed by atoms with Gasteiger partial charge in [-0.05, 0) is 30.3 Å². The van der Waals surface area contributed by atoms with Crippen molar-refractivity contribution >= 4 is 21.8 Å². The Bertz CT molecular complexity index is 1150. The van der Waals surface area contributed by atoms with Gasteiger partial charge in [-0.25, -0.2) is 15.0 Å².